The second kappa shape index (κ2) is 7.39. The summed E-state index contributed by atoms with van der Waals surface area (Å²) in [6.45, 7) is 8.91. The molecule has 4 nitrogen and oxygen atoms in total. The predicted octanol–water partition coefficient (Wildman–Crippen LogP) is 2.77. The molecule has 1 aliphatic rings. The molecule has 0 aromatic carbocycles. The Balaban J connectivity index is 2.23. The molecule has 2 N–H and O–H groups in total. The second-order valence-electron chi connectivity index (χ2n) is 6.31. The summed E-state index contributed by atoms with van der Waals surface area (Å²) in [5.74, 6) is 0. The zero-order valence-corrected chi connectivity index (χ0v) is 13.6. The van der Waals surface area contributed by atoms with Gasteiger partial charge in [-0.15, -0.1) is 0 Å². The highest BCUT2D eigenvalue weighted by molar-refractivity contribution is 7.99. The highest BCUT2D eigenvalue weighted by Gasteiger charge is 2.27. The Kier molecular flexibility index (Phi) is 6.47. The molecule has 3 unspecified atom stereocenters. The molecule has 1 aliphatic carbocycles. The van der Waals surface area contributed by atoms with Crippen molar-refractivity contribution in [3.8, 4) is 0 Å². The first-order valence-corrected chi connectivity index (χ1v) is 8.34. The molecule has 112 valence electrons. The summed E-state index contributed by atoms with van der Waals surface area (Å²) in [5, 5.41) is 7.17. The first-order valence-electron chi connectivity index (χ1n) is 7.06. The number of hydrogen-bond donors (Lipinski definition) is 2. The van der Waals surface area contributed by atoms with E-state index in [4.69, 9.17) is 4.74 Å². The molecular formula is C14H28N2O2S. The average Bonchev–Trinajstić information content (AvgIpc) is 2.70. The number of alkyl carbamates (subject to hydrolysis) is 1. The van der Waals surface area contributed by atoms with Gasteiger partial charge in [-0.2, -0.15) is 11.8 Å². The van der Waals surface area contributed by atoms with E-state index in [1.54, 1.807) is 0 Å². The lowest BCUT2D eigenvalue weighted by Crippen LogP contribution is -2.39. The van der Waals surface area contributed by atoms with E-state index in [1.807, 2.05) is 32.5 Å². The van der Waals surface area contributed by atoms with Crippen LogP contribution in [0.25, 0.3) is 0 Å². The fourth-order valence-electron chi connectivity index (χ4n) is 2.19. The van der Waals surface area contributed by atoms with Crippen molar-refractivity contribution in [1.29, 1.82) is 0 Å². The largest absolute Gasteiger partial charge is 0.444 e. The molecule has 5 heteroatoms. The van der Waals surface area contributed by atoms with Gasteiger partial charge in [0.2, 0.25) is 0 Å². The van der Waals surface area contributed by atoms with Crippen LogP contribution in [0.2, 0.25) is 0 Å². The topological polar surface area (TPSA) is 50.4 Å². The highest BCUT2D eigenvalue weighted by atomic mass is 32.2. The van der Waals surface area contributed by atoms with Gasteiger partial charge in [0.05, 0.1) is 0 Å². The van der Waals surface area contributed by atoms with Crippen LogP contribution in [0.5, 0.6) is 0 Å². The average molecular weight is 288 g/mol. The smallest absolute Gasteiger partial charge is 0.407 e. The van der Waals surface area contributed by atoms with Gasteiger partial charge in [-0.1, -0.05) is 6.92 Å². The Labute approximate surface area is 121 Å². The molecule has 1 saturated carbocycles. The third-order valence-electron chi connectivity index (χ3n) is 3.25. The molecule has 0 aromatic heterocycles. The standard InChI is InChI=1S/C14H28N2O2S/c1-10(19-5)9-15-11-6-7-12(8-11)16-13(17)18-14(2,3)4/h10-12,15H,6-9H2,1-5H3,(H,16,17). The number of rotatable bonds is 5. The van der Waals surface area contributed by atoms with E-state index in [-0.39, 0.29) is 12.1 Å². The molecule has 19 heavy (non-hydrogen) atoms. The van der Waals surface area contributed by atoms with Crippen LogP contribution in [0.4, 0.5) is 4.79 Å². The number of carbonyl (C=O) groups excluding carboxylic acids is 1. The van der Waals surface area contributed by atoms with Gasteiger partial charge in [0, 0.05) is 23.9 Å². The highest BCUT2D eigenvalue weighted by Crippen LogP contribution is 2.20. The Bertz CT molecular complexity index is 292. The Morgan fingerprint density at radius 2 is 2.00 bits per heavy atom. The fraction of sp³-hybridized carbons (Fsp3) is 0.929. The SMILES string of the molecule is CSC(C)CNC1CCC(NC(=O)OC(C)(C)C)C1. The monoisotopic (exact) mass is 288 g/mol. The summed E-state index contributed by atoms with van der Waals surface area (Å²) >= 11 is 1.87. The molecule has 0 saturated heterocycles. The van der Waals surface area contributed by atoms with Gasteiger partial charge < -0.3 is 15.4 Å². The minimum absolute atomic E-state index is 0.247. The summed E-state index contributed by atoms with van der Waals surface area (Å²) in [4.78, 5) is 11.7. The van der Waals surface area contributed by atoms with Gasteiger partial charge in [-0.3, -0.25) is 0 Å². The molecule has 0 bridgehead atoms. The van der Waals surface area contributed by atoms with Gasteiger partial charge in [0.1, 0.15) is 5.60 Å². The van der Waals surface area contributed by atoms with Crippen molar-refractivity contribution in [3.63, 3.8) is 0 Å². The molecule has 3 atom stereocenters. The minimum atomic E-state index is -0.422. The van der Waals surface area contributed by atoms with E-state index >= 15 is 0 Å². The number of nitrogens with one attached hydrogen (secondary N) is 2. The number of carbonyl (C=O) groups is 1. The van der Waals surface area contributed by atoms with Gasteiger partial charge in [-0.25, -0.2) is 4.79 Å². The van der Waals surface area contributed by atoms with E-state index in [2.05, 4.69) is 23.8 Å². The van der Waals surface area contributed by atoms with Crippen molar-refractivity contribution < 1.29 is 9.53 Å². The maximum Gasteiger partial charge on any atom is 0.407 e. The third kappa shape index (κ3) is 7.06. The molecule has 1 fully saturated rings. The van der Waals surface area contributed by atoms with Crippen molar-refractivity contribution in [2.45, 2.75) is 69.9 Å². The molecule has 0 heterocycles. The van der Waals surface area contributed by atoms with Crippen LogP contribution in [-0.2, 0) is 4.74 Å². The molecule has 1 amide bonds. The molecule has 0 spiro atoms. The zero-order chi connectivity index (χ0) is 14.5. The summed E-state index contributed by atoms with van der Waals surface area (Å²) in [7, 11) is 0. The van der Waals surface area contributed by atoms with Crippen molar-refractivity contribution in [3.05, 3.63) is 0 Å². The lowest BCUT2D eigenvalue weighted by atomic mass is 10.2. The van der Waals surface area contributed by atoms with Gasteiger partial charge in [0.25, 0.3) is 0 Å². The fourth-order valence-corrected chi connectivity index (χ4v) is 2.45. The molecule has 1 rings (SSSR count). The van der Waals surface area contributed by atoms with Crippen LogP contribution in [-0.4, -0.2) is 41.8 Å². The summed E-state index contributed by atoms with van der Waals surface area (Å²) in [6.07, 6.45) is 5.00. The van der Waals surface area contributed by atoms with Crippen LogP contribution >= 0.6 is 11.8 Å². The Morgan fingerprint density at radius 1 is 1.37 bits per heavy atom. The van der Waals surface area contributed by atoms with Crippen molar-refractivity contribution in [1.82, 2.24) is 10.6 Å². The van der Waals surface area contributed by atoms with E-state index in [0.29, 0.717) is 11.3 Å². The minimum Gasteiger partial charge on any atom is -0.444 e. The van der Waals surface area contributed by atoms with Gasteiger partial charge in [-0.05, 0) is 46.3 Å². The Hall–Kier alpha value is -0.420. The zero-order valence-electron chi connectivity index (χ0n) is 12.8. The lowest BCUT2D eigenvalue weighted by molar-refractivity contribution is 0.0505. The van der Waals surface area contributed by atoms with Crippen LogP contribution in [0.3, 0.4) is 0 Å². The number of amides is 1. The summed E-state index contributed by atoms with van der Waals surface area (Å²) < 4.78 is 5.28. The predicted molar refractivity (Wildman–Crippen MR) is 81.8 cm³/mol. The first-order chi connectivity index (χ1) is 8.80. The van der Waals surface area contributed by atoms with E-state index < -0.39 is 5.60 Å². The second-order valence-corrected chi connectivity index (χ2v) is 7.58. The van der Waals surface area contributed by atoms with E-state index in [0.717, 1.165) is 25.8 Å². The Morgan fingerprint density at radius 3 is 2.58 bits per heavy atom. The molecule has 0 aromatic rings. The van der Waals surface area contributed by atoms with Crippen molar-refractivity contribution in [2.24, 2.45) is 0 Å². The van der Waals surface area contributed by atoms with Crippen molar-refractivity contribution in [2.75, 3.05) is 12.8 Å². The maximum absolute atomic E-state index is 11.7. The molecule has 0 radical (unpaired) electrons. The first kappa shape index (κ1) is 16.6. The summed E-state index contributed by atoms with van der Waals surface area (Å²) in [6, 6.07) is 0.770. The molecular weight excluding hydrogens is 260 g/mol. The summed E-state index contributed by atoms with van der Waals surface area (Å²) in [5.41, 5.74) is -0.422. The molecule has 0 aliphatic heterocycles. The number of hydrogen-bond acceptors (Lipinski definition) is 4. The van der Waals surface area contributed by atoms with Crippen LogP contribution in [0, 0.1) is 0 Å². The lowest BCUT2D eigenvalue weighted by Gasteiger charge is -2.22. The maximum atomic E-state index is 11.7. The van der Waals surface area contributed by atoms with E-state index in [1.165, 1.54) is 0 Å². The number of ether oxygens (including phenoxy) is 1. The van der Waals surface area contributed by atoms with Crippen LogP contribution in [0.1, 0.15) is 47.0 Å². The van der Waals surface area contributed by atoms with Crippen molar-refractivity contribution >= 4 is 17.9 Å². The number of thioether (sulfide) groups is 1. The third-order valence-corrected chi connectivity index (χ3v) is 4.22. The van der Waals surface area contributed by atoms with Crippen LogP contribution < -0.4 is 10.6 Å². The quantitative estimate of drug-likeness (QED) is 0.817. The van der Waals surface area contributed by atoms with E-state index in [9.17, 15) is 4.79 Å². The van der Waals surface area contributed by atoms with Gasteiger partial charge >= 0.3 is 6.09 Å². The van der Waals surface area contributed by atoms with Gasteiger partial charge in [0.15, 0.2) is 0 Å². The normalized spacial score (nSPS) is 25.1. The van der Waals surface area contributed by atoms with Crippen LogP contribution in [0.15, 0.2) is 0 Å².